The molecule has 1 amide bonds. The van der Waals surface area contributed by atoms with Gasteiger partial charge in [0.1, 0.15) is 6.04 Å². The minimum Gasteiger partial charge on any atom is -0.289 e. The van der Waals surface area contributed by atoms with Crippen LogP contribution in [0.5, 0.6) is 0 Å². The van der Waals surface area contributed by atoms with Crippen molar-refractivity contribution in [2.75, 3.05) is 13.1 Å². The van der Waals surface area contributed by atoms with Crippen LogP contribution in [-0.2, 0) is 15.1 Å². The van der Waals surface area contributed by atoms with Crippen LogP contribution in [-0.4, -0.2) is 48.9 Å². The predicted molar refractivity (Wildman–Crippen MR) is 54.1 cm³/mol. The number of carbonyl (C=O) groups excluding carboxylic acids is 1. The van der Waals surface area contributed by atoms with Gasteiger partial charge in [0.2, 0.25) is 10.3 Å². The van der Waals surface area contributed by atoms with Crippen molar-refractivity contribution < 1.29 is 18.4 Å². The number of hydrogen-bond donors (Lipinski definition) is 2. The number of rotatable bonds is 3. The summed E-state index contributed by atoms with van der Waals surface area (Å²) in [6.07, 6.45) is 2.97. The number of amides is 1. The summed E-state index contributed by atoms with van der Waals surface area (Å²) < 4.78 is 21.1. The van der Waals surface area contributed by atoms with Crippen LogP contribution in [0, 0.1) is 0 Å². The van der Waals surface area contributed by atoms with Crippen molar-refractivity contribution in [2.24, 2.45) is 0 Å². The molecule has 0 aromatic rings. The van der Waals surface area contributed by atoms with Gasteiger partial charge in [0.05, 0.1) is 5.37 Å². The highest BCUT2D eigenvalue weighted by atomic mass is 32.2. The molecule has 0 bridgehead atoms. The molecule has 1 aliphatic heterocycles. The number of nitrogens with zero attached hydrogens (tertiary/aromatic N) is 1. The van der Waals surface area contributed by atoms with E-state index in [1.165, 1.54) is 5.48 Å². The molecule has 7 heteroatoms. The summed E-state index contributed by atoms with van der Waals surface area (Å²) in [5, 5.41) is 9.40. The minimum absolute atomic E-state index is 0.672. The molecule has 6 nitrogen and oxygen atoms in total. The number of piperidine rings is 1. The van der Waals surface area contributed by atoms with Gasteiger partial charge < -0.3 is 0 Å². The lowest BCUT2D eigenvalue weighted by Crippen LogP contribution is -2.49. The molecule has 1 rings (SSSR count). The normalized spacial score (nSPS) is 19.3. The minimum atomic E-state index is -2.41. The largest absolute Gasteiger partial charge is 0.289 e. The highest BCUT2D eigenvalue weighted by Gasteiger charge is 2.25. The smallest absolute Gasteiger partial charge is 0.265 e. The van der Waals surface area contributed by atoms with Gasteiger partial charge in [-0.2, -0.15) is 8.42 Å². The monoisotopic (exact) mass is 234 g/mol. The Morgan fingerprint density at radius 3 is 2.40 bits per heavy atom. The molecule has 0 aromatic carbocycles. The lowest BCUT2D eigenvalue weighted by Gasteiger charge is -2.30. The van der Waals surface area contributed by atoms with E-state index in [9.17, 15) is 13.2 Å². The molecule has 1 atom stereocenters. The second-order valence-electron chi connectivity index (χ2n) is 3.41. The van der Waals surface area contributed by atoms with Crippen LogP contribution in [0.2, 0.25) is 0 Å². The van der Waals surface area contributed by atoms with E-state index in [0.717, 1.165) is 24.6 Å². The van der Waals surface area contributed by atoms with Crippen molar-refractivity contribution in [3.63, 3.8) is 0 Å². The fourth-order valence-electron chi connectivity index (χ4n) is 1.68. The zero-order valence-electron chi connectivity index (χ0n) is 8.22. The van der Waals surface area contributed by atoms with Gasteiger partial charge in [-0.15, -0.1) is 0 Å². The molecule has 1 fully saturated rings. The van der Waals surface area contributed by atoms with Gasteiger partial charge in [-0.05, 0) is 25.9 Å². The van der Waals surface area contributed by atoms with Gasteiger partial charge in [0, 0.05) is 0 Å². The molecule has 0 spiro atoms. The van der Waals surface area contributed by atoms with Crippen LogP contribution in [0.25, 0.3) is 0 Å². The molecule has 1 saturated heterocycles. The van der Waals surface area contributed by atoms with Gasteiger partial charge in [-0.3, -0.25) is 14.9 Å². The fourth-order valence-corrected chi connectivity index (χ4v) is 2.19. The third kappa shape index (κ3) is 3.61. The predicted octanol–water partition coefficient (Wildman–Crippen LogP) is -0.972. The summed E-state index contributed by atoms with van der Waals surface area (Å²) in [7, 11) is -2.41. The topological polar surface area (TPSA) is 86.7 Å². The van der Waals surface area contributed by atoms with Crippen LogP contribution in [0.1, 0.15) is 19.3 Å². The maximum atomic E-state index is 11.2. The van der Waals surface area contributed by atoms with Crippen LogP contribution in [0.3, 0.4) is 0 Å². The standard InChI is InChI=1S/C8H14N2O4S/c11-8(9-12)7(6-15(13)14)10-4-2-1-3-5-10/h6-7,12H,1-5H2,(H,9,11). The second-order valence-corrected chi connectivity index (χ2v) is 4.21. The number of carbonyl (C=O) groups is 1. The van der Waals surface area contributed by atoms with Crippen molar-refractivity contribution in [2.45, 2.75) is 25.3 Å². The molecule has 15 heavy (non-hydrogen) atoms. The molecule has 0 radical (unpaired) electrons. The van der Waals surface area contributed by atoms with Gasteiger partial charge >= 0.3 is 0 Å². The first-order chi connectivity index (χ1) is 7.15. The highest BCUT2D eigenvalue weighted by Crippen LogP contribution is 2.11. The van der Waals surface area contributed by atoms with Crippen LogP contribution >= 0.6 is 0 Å². The van der Waals surface area contributed by atoms with E-state index < -0.39 is 22.2 Å². The molecular formula is C8H14N2O4S. The zero-order valence-corrected chi connectivity index (χ0v) is 9.03. The zero-order chi connectivity index (χ0) is 11.3. The number of hydroxylamine groups is 1. The molecule has 2 N–H and O–H groups in total. The average molecular weight is 234 g/mol. The summed E-state index contributed by atoms with van der Waals surface area (Å²) in [5.41, 5.74) is 1.48. The Morgan fingerprint density at radius 2 is 1.93 bits per heavy atom. The Morgan fingerprint density at radius 1 is 1.33 bits per heavy atom. The third-order valence-corrected chi connectivity index (χ3v) is 2.88. The summed E-state index contributed by atoms with van der Waals surface area (Å²) in [6.45, 7) is 1.34. The van der Waals surface area contributed by atoms with Gasteiger partial charge in [0.15, 0.2) is 0 Å². The Kier molecular flexibility index (Phi) is 4.73. The van der Waals surface area contributed by atoms with Crippen LogP contribution in [0.15, 0.2) is 0 Å². The molecule has 1 heterocycles. The molecule has 0 aliphatic carbocycles. The number of hydrogen-bond acceptors (Lipinski definition) is 5. The molecule has 86 valence electrons. The highest BCUT2D eigenvalue weighted by molar-refractivity contribution is 7.71. The average Bonchev–Trinajstić information content (AvgIpc) is 2.26. The van der Waals surface area contributed by atoms with E-state index in [4.69, 9.17) is 5.21 Å². The Labute approximate surface area is 89.4 Å². The Bertz CT molecular complexity index is 338. The van der Waals surface area contributed by atoms with Gasteiger partial charge in [0.25, 0.3) is 5.91 Å². The van der Waals surface area contributed by atoms with Crippen molar-refractivity contribution in [3.05, 3.63) is 0 Å². The Hall–Kier alpha value is -0.920. The summed E-state index contributed by atoms with van der Waals surface area (Å²) in [5.74, 6) is -0.707. The van der Waals surface area contributed by atoms with E-state index in [1.807, 2.05) is 0 Å². The third-order valence-electron chi connectivity index (χ3n) is 2.40. The first-order valence-electron chi connectivity index (χ1n) is 4.76. The van der Waals surface area contributed by atoms with Crippen molar-refractivity contribution >= 4 is 21.6 Å². The SMILES string of the molecule is O=C(NO)C(C=S(=O)=O)N1CCCCC1. The van der Waals surface area contributed by atoms with Crippen LogP contribution < -0.4 is 5.48 Å². The lowest BCUT2D eigenvalue weighted by atomic mass is 10.1. The van der Waals surface area contributed by atoms with Crippen LogP contribution in [0.4, 0.5) is 0 Å². The van der Waals surface area contributed by atoms with Gasteiger partial charge in [-0.25, -0.2) is 5.48 Å². The van der Waals surface area contributed by atoms with E-state index in [-0.39, 0.29) is 0 Å². The fraction of sp³-hybridized carbons (Fsp3) is 0.750. The maximum absolute atomic E-state index is 11.2. The Balaban J connectivity index is 2.79. The van der Waals surface area contributed by atoms with Crippen molar-refractivity contribution in [1.82, 2.24) is 10.4 Å². The molecule has 0 saturated carbocycles. The first-order valence-corrected chi connectivity index (χ1v) is 5.90. The van der Waals surface area contributed by atoms with Crippen molar-refractivity contribution in [3.8, 4) is 0 Å². The van der Waals surface area contributed by atoms with E-state index in [1.54, 1.807) is 4.90 Å². The molecular weight excluding hydrogens is 220 g/mol. The summed E-state index contributed by atoms with van der Waals surface area (Å²) >= 11 is 0. The van der Waals surface area contributed by atoms with E-state index in [0.29, 0.717) is 13.1 Å². The molecule has 0 aromatic heterocycles. The summed E-state index contributed by atoms with van der Waals surface area (Å²) in [6, 6.07) is -0.895. The lowest BCUT2D eigenvalue weighted by molar-refractivity contribution is -0.132. The number of nitrogens with one attached hydrogen (secondary N) is 1. The first kappa shape index (κ1) is 12.2. The summed E-state index contributed by atoms with van der Waals surface area (Å²) in [4.78, 5) is 13.0. The van der Waals surface area contributed by atoms with E-state index >= 15 is 0 Å². The van der Waals surface area contributed by atoms with E-state index in [2.05, 4.69) is 0 Å². The van der Waals surface area contributed by atoms with Gasteiger partial charge in [-0.1, -0.05) is 6.42 Å². The van der Waals surface area contributed by atoms with Crippen molar-refractivity contribution in [1.29, 1.82) is 0 Å². The number of likely N-dealkylation sites (tertiary alicyclic amines) is 1. The molecule has 1 unspecified atom stereocenters. The second kappa shape index (κ2) is 5.84. The maximum Gasteiger partial charge on any atom is 0.265 e. The quantitative estimate of drug-likeness (QED) is 0.372. The molecule has 1 aliphatic rings.